The molecule has 1 aliphatic heterocycles. The molecular weight excluding hydrogens is 322 g/mol. The normalized spacial score (nSPS) is 19.0. The topological polar surface area (TPSA) is 61.4 Å². The molecule has 1 saturated carbocycles. The molecule has 0 unspecified atom stereocenters. The molecule has 7 heteroatoms. The third kappa shape index (κ3) is 6.34. The fourth-order valence-electron chi connectivity index (χ4n) is 2.81. The lowest BCUT2D eigenvalue weighted by atomic mass is 9.94. The maximum absolute atomic E-state index is 12.1. The number of nitrogens with zero attached hydrogens (tertiary/aromatic N) is 1. The van der Waals surface area contributed by atoms with E-state index in [9.17, 15) is 9.59 Å². The summed E-state index contributed by atoms with van der Waals surface area (Å²) in [5.74, 6) is 1.57. The van der Waals surface area contributed by atoms with Gasteiger partial charge in [0.2, 0.25) is 11.8 Å². The SMILES string of the molecule is CN(C(=O)CSCC(=O)NCC1CNC1)C1CCCCC1.Cl. The van der Waals surface area contributed by atoms with E-state index < -0.39 is 0 Å². The second-order valence-electron chi connectivity index (χ2n) is 6.12. The van der Waals surface area contributed by atoms with Gasteiger partial charge in [-0.1, -0.05) is 19.3 Å². The van der Waals surface area contributed by atoms with Crippen molar-refractivity contribution in [3.05, 3.63) is 0 Å². The molecule has 1 aliphatic carbocycles. The summed E-state index contributed by atoms with van der Waals surface area (Å²) >= 11 is 1.42. The number of rotatable bonds is 7. The Bertz CT molecular complexity index is 361. The van der Waals surface area contributed by atoms with Crippen LogP contribution < -0.4 is 10.6 Å². The molecule has 2 fully saturated rings. The molecule has 2 aliphatic rings. The lowest BCUT2D eigenvalue weighted by Gasteiger charge is -2.31. The van der Waals surface area contributed by atoms with E-state index >= 15 is 0 Å². The fraction of sp³-hybridized carbons (Fsp3) is 0.867. The first-order chi connectivity index (χ1) is 10.2. The maximum Gasteiger partial charge on any atom is 0.232 e. The van der Waals surface area contributed by atoms with Crippen molar-refractivity contribution in [1.29, 1.82) is 0 Å². The molecular formula is C15H28ClN3O2S. The number of amides is 2. The summed E-state index contributed by atoms with van der Waals surface area (Å²) < 4.78 is 0. The second-order valence-corrected chi connectivity index (χ2v) is 7.10. The predicted octanol–water partition coefficient (Wildman–Crippen LogP) is 1.27. The number of carbonyl (C=O) groups excluding carboxylic acids is 2. The number of nitrogens with one attached hydrogen (secondary N) is 2. The minimum Gasteiger partial charge on any atom is -0.355 e. The Hall–Kier alpha value is -0.460. The van der Waals surface area contributed by atoms with Crippen LogP contribution in [0.2, 0.25) is 0 Å². The summed E-state index contributed by atoms with van der Waals surface area (Å²) in [5.41, 5.74) is 0. The van der Waals surface area contributed by atoms with Gasteiger partial charge in [-0.25, -0.2) is 0 Å². The molecule has 0 spiro atoms. The highest BCUT2D eigenvalue weighted by molar-refractivity contribution is 8.00. The smallest absolute Gasteiger partial charge is 0.232 e. The van der Waals surface area contributed by atoms with Crippen molar-refractivity contribution in [2.24, 2.45) is 5.92 Å². The zero-order valence-corrected chi connectivity index (χ0v) is 14.9. The van der Waals surface area contributed by atoms with E-state index in [4.69, 9.17) is 0 Å². The van der Waals surface area contributed by atoms with Crippen molar-refractivity contribution in [1.82, 2.24) is 15.5 Å². The van der Waals surface area contributed by atoms with Gasteiger partial charge in [0, 0.05) is 38.6 Å². The monoisotopic (exact) mass is 349 g/mol. The molecule has 0 atom stereocenters. The minimum atomic E-state index is 0. The maximum atomic E-state index is 12.1. The lowest BCUT2D eigenvalue weighted by molar-refractivity contribution is -0.129. The van der Waals surface area contributed by atoms with E-state index in [0.29, 0.717) is 23.5 Å². The molecule has 128 valence electrons. The zero-order valence-electron chi connectivity index (χ0n) is 13.3. The average molecular weight is 350 g/mol. The van der Waals surface area contributed by atoms with Gasteiger partial charge in [-0.2, -0.15) is 0 Å². The summed E-state index contributed by atoms with van der Waals surface area (Å²) in [6, 6.07) is 0.409. The van der Waals surface area contributed by atoms with Crippen LogP contribution in [0.5, 0.6) is 0 Å². The largest absolute Gasteiger partial charge is 0.355 e. The van der Waals surface area contributed by atoms with Gasteiger partial charge >= 0.3 is 0 Å². The molecule has 0 radical (unpaired) electrons. The molecule has 0 bridgehead atoms. The Morgan fingerprint density at radius 2 is 1.86 bits per heavy atom. The summed E-state index contributed by atoms with van der Waals surface area (Å²) in [4.78, 5) is 25.7. The molecule has 0 aromatic rings. The highest BCUT2D eigenvalue weighted by Crippen LogP contribution is 2.22. The van der Waals surface area contributed by atoms with E-state index in [1.807, 2.05) is 11.9 Å². The highest BCUT2D eigenvalue weighted by atomic mass is 35.5. The standard InChI is InChI=1S/C15H27N3O2S.ClH/c1-18(13-5-3-2-4-6-13)15(20)11-21-10-14(19)17-9-12-7-16-8-12;/h12-13,16H,2-11H2,1H3,(H,17,19);1H. The van der Waals surface area contributed by atoms with Gasteiger partial charge in [0.25, 0.3) is 0 Å². The first kappa shape index (κ1) is 19.6. The van der Waals surface area contributed by atoms with Crippen LogP contribution in [-0.4, -0.2) is 60.9 Å². The molecule has 5 nitrogen and oxygen atoms in total. The molecule has 1 saturated heterocycles. The van der Waals surface area contributed by atoms with Crippen molar-refractivity contribution in [3.63, 3.8) is 0 Å². The van der Waals surface area contributed by atoms with Gasteiger partial charge in [0.15, 0.2) is 0 Å². The lowest BCUT2D eigenvalue weighted by Crippen LogP contribution is -2.48. The first-order valence-corrected chi connectivity index (χ1v) is 9.13. The van der Waals surface area contributed by atoms with Gasteiger partial charge in [-0.05, 0) is 12.8 Å². The van der Waals surface area contributed by atoms with Crippen LogP contribution in [0.3, 0.4) is 0 Å². The highest BCUT2D eigenvalue weighted by Gasteiger charge is 2.22. The molecule has 2 rings (SSSR count). The zero-order chi connectivity index (χ0) is 15.1. The van der Waals surface area contributed by atoms with Crippen molar-refractivity contribution >= 4 is 36.0 Å². The van der Waals surface area contributed by atoms with E-state index in [1.165, 1.54) is 31.0 Å². The first-order valence-electron chi connectivity index (χ1n) is 7.97. The summed E-state index contributed by atoms with van der Waals surface area (Å²) in [7, 11) is 1.91. The quantitative estimate of drug-likeness (QED) is 0.726. The Morgan fingerprint density at radius 1 is 1.18 bits per heavy atom. The van der Waals surface area contributed by atoms with Crippen LogP contribution in [0, 0.1) is 5.92 Å². The minimum absolute atomic E-state index is 0. The van der Waals surface area contributed by atoms with Crippen LogP contribution in [0.1, 0.15) is 32.1 Å². The second kappa shape index (κ2) is 10.3. The Kier molecular flexibility index (Phi) is 9.21. The van der Waals surface area contributed by atoms with Crippen LogP contribution in [-0.2, 0) is 9.59 Å². The van der Waals surface area contributed by atoms with E-state index in [2.05, 4.69) is 10.6 Å². The van der Waals surface area contributed by atoms with Crippen molar-refractivity contribution in [3.8, 4) is 0 Å². The molecule has 1 heterocycles. The third-order valence-corrected chi connectivity index (χ3v) is 5.35. The summed E-state index contributed by atoms with van der Waals surface area (Å²) in [5, 5.41) is 6.11. The van der Waals surface area contributed by atoms with Gasteiger partial charge in [0.1, 0.15) is 0 Å². The van der Waals surface area contributed by atoms with Gasteiger partial charge in [-0.3, -0.25) is 9.59 Å². The van der Waals surface area contributed by atoms with Crippen LogP contribution in [0.4, 0.5) is 0 Å². The number of halogens is 1. The molecule has 0 aromatic heterocycles. The van der Waals surface area contributed by atoms with Gasteiger partial charge in [0.05, 0.1) is 11.5 Å². The van der Waals surface area contributed by atoms with E-state index in [0.717, 1.165) is 32.5 Å². The van der Waals surface area contributed by atoms with Crippen LogP contribution >= 0.6 is 24.2 Å². The molecule has 0 aromatic carbocycles. The summed E-state index contributed by atoms with van der Waals surface area (Å²) in [6.07, 6.45) is 6.01. The van der Waals surface area contributed by atoms with Gasteiger partial charge in [-0.15, -0.1) is 24.2 Å². The average Bonchev–Trinajstić information content (AvgIpc) is 2.45. The predicted molar refractivity (Wildman–Crippen MR) is 93.6 cm³/mol. The van der Waals surface area contributed by atoms with Crippen molar-refractivity contribution in [2.45, 2.75) is 38.1 Å². The Labute approximate surface area is 143 Å². The van der Waals surface area contributed by atoms with Crippen molar-refractivity contribution < 1.29 is 9.59 Å². The number of thioether (sulfide) groups is 1. The Morgan fingerprint density at radius 3 is 2.45 bits per heavy atom. The number of hydrogen-bond acceptors (Lipinski definition) is 4. The molecule has 22 heavy (non-hydrogen) atoms. The van der Waals surface area contributed by atoms with Gasteiger partial charge < -0.3 is 15.5 Å². The Balaban J connectivity index is 0.00000242. The number of hydrogen-bond donors (Lipinski definition) is 2. The van der Waals surface area contributed by atoms with Crippen LogP contribution in [0.15, 0.2) is 0 Å². The van der Waals surface area contributed by atoms with E-state index in [-0.39, 0.29) is 24.2 Å². The molecule has 2 N–H and O–H groups in total. The summed E-state index contributed by atoms with van der Waals surface area (Å²) in [6.45, 7) is 2.75. The fourth-order valence-corrected chi connectivity index (χ4v) is 3.57. The van der Waals surface area contributed by atoms with E-state index in [1.54, 1.807) is 0 Å². The third-order valence-electron chi connectivity index (χ3n) is 4.43. The number of carbonyl (C=O) groups is 2. The molecule has 2 amide bonds. The van der Waals surface area contributed by atoms with Crippen LogP contribution in [0.25, 0.3) is 0 Å². The van der Waals surface area contributed by atoms with Crippen molar-refractivity contribution in [2.75, 3.05) is 38.2 Å².